The van der Waals surface area contributed by atoms with Crippen LogP contribution in [0.5, 0.6) is 0 Å². The van der Waals surface area contributed by atoms with E-state index in [1.807, 2.05) is 6.92 Å². The molecule has 0 aromatic carbocycles. The van der Waals surface area contributed by atoms with Gasteiger partial charge in [0, 0.05) is 12.6 Å². The number of nitrogens with one attached hydrogen (secondary N) is 2. The molecular formula is C11H19ClN4. The fourth-order valence-electron chi connectivity index (χ4n) is 1.40. The Labute approximate surface area is 102 Å². The van der Waals surface area contributed by atoms with Gasteiger partial charge in [-0.1, -0.05) is 25.4 Å². The van der Waals surface area contributed by atoms with Crippen LogP contribution in [0.3, 0.4) is 0 Å². The molecule has 0 radical (unpaired) electrons. The standard InChI is InChI=1S/C11H19ClN4/c1-4-8(5-2)15-10-9(12)7-14-11(16-10)13-6-3/h7-8H,4-6H2,1-3H3,(H2,13,14,15,16). The summed E-state index contributed by atoms with van der Waals surface area (Å²) in [4.78, 5) is 8.43. The van der Waals surface area contributed by atoms with Crippen molar-refractivity contribution < 1.29 is 0 Å². The predicted octanol–water partition coefficient (Wildman–Crippen LogP) is 3.16. The van der Waals surface area contributed by atoms with Crippen LogP contribution in [-0.4, -0.2) is 22.6 Å². The van der Waals surface area contributed by atoms with Gasteiger partial charge in [-0.05, 0) is 19.8 Å². The van der Waals surface area contributed by atoms with Gasteiger partial charge < -0.3 is 10.6 Å². The van der Waals surface area contributed by atoms with Crippen molar-refractivity contribution in [1.82, 2.24) is 9.97 Å². The molecule has 0 spiro atoms. The fraction of sp³-hybridized carbons (Fsp3) is 0.636. The first-order chi connectivity index (χ1) is 7.71. The Morgan fingerprint density at radius 1 is 1.31 bits per heavy atom. The number of hydrogen-bond donors (Lipinski definition) is 2. The van der Waals surface area contributed by atoms with E-state index < -0.39 is 0 Å². The Morgan fingerprint density at radius 2 is 2.00 bits per heavy atom. The molecule has 1 aromatic rings. The molecule has 0 aliphatic carbocycles. The SMILES string of the molecule is CCNc1ncc(Cl)c(NC(CC)CC)n1. The van der Waals surface area contributed by atoms with Crippen LogP contribution in [0.15, 0.2) is 6.20 Å². The largest absolute Gasteiger partial charge is 0.366 e. The maximum absolute atomic E-state index is 6.04. The number of nitrogens with zero attached hydrogens (tertiary/aromatic N) is 2. The molecule has 4 nitrogen and oxygen atoms in total. The average Bonchev–Trinajstić information content (AvgIpc) is 2.30. The van der Waals surface area contributed by atoms with E-state index in [0.717, 1.165) is 19.4 Å². The summed E-state index contributed by atoms with van der Waals surface area (Å²) >= 11 is 6.04. The quantitative estimate of drug-likeness (QED) is 0.805. The Morgan fingerprint density at radius 3 is 2.56 bits per heavy atom. The second kappa shape index (κ2) is 6.53. The van der Waals surface area contributed by atoms with E-state index in [9.17, 15) is 0 Å². The maximum Gasteiger partial charge on any atom is 0.224 e. The van der Waals surface area contributed by atoms with Crippen LogP contribution in [0, 0.1) is 0 Å². The summed E-state index contributed by atoms with van der Waals surface area (Å²) in [6.07, 6.45) is 3.72. The number of aromatic nitrogens is 2. The topological polar surface area (TPSA) is 49.8 Å². The molecule has 0 amide bonds. The van der Waals surface area contributed by atoms with E-state index in [2.05, 4.69) is 34.4 Å². The molecule has 0 fully saturated rings. The molecule has 0 aliphatic rings. The van der Waals surface area contributed by atoms with Crippen molar-refractivity contribution in [2.45, 2.75) is 39.7 Å². The predicted molar refractivity (Wildman–Crippen MR) is 69.2 cm³/mol. The molecule has 0 saturated heterocycles. The smallest absolute Gasteiger partial charge is 0.224 e. The zero-order valence-electron chi connectivity index (χ0n) is 10.0. The normalized spacial score (nSPS) is 10.6. The molecule has 2 N–H and O–H groups in total. The Bertz CT molecular complexity index is 326. The highest BCUT2D eigenvalue weighted by Gasteiger charge is 2.09. The van der Waals surface area contributed by atoms with Crippen molar-refractivity contribution in [3.05, 3.63) is 11.2 Å². The molecule has 0 bridgehead atoms. The summed E-state index contributed by atoms with van der Waals surface area (Å²) in [5.74, 6) is 1.32. The van der Waals surface area contributed by atoms with Gasteiger partial charge in [0.25, 0.3) is 0 Å². The summed E-state index contributed by atoms with van der Waals surface area (Å²) in [7, 11) is 0. The Hall–Kier alpha value is -1.03. The maximum atomic E-state index is 6.04. The third-order valence-electron chi connectivity index (χ3n) is 2.41. The fourth-order valence-corrected chi connectivity index (χ4v) is 1.54. The van der Waals surface area contributed by atoms with Crippen LogP contribution < -0.4 is 10.6 Å². The van der Waals surface area contributed by atoms with Gasteiger partial charge in [0.2, 0.25) is 5.95 Å². The minimum Gasteiger partial charge on any atom is -0.366 e. The summed E-state index contributed by atoms with van der Waals surface area (Å²) in [6.45, 7) is 7.08. The van der Waals surface area contributed by atoms with Crippen LogP contribution in [0.25, 0.3) is 0 Å². The van der Waals surface area contributed by atoms with E-state index in [1.165, 1.54) is 0 Å². The molecule has 0 atom stereocenters. The Kier molecular flexibility index (Phi) is 5.32. The van der Waals surface area contributed by atoms with Crippen LogP contribution in [0.2, 0.25) is 5.02 Å². The van der Waals surface area contributed by atoms with E-state index >= 15 is 0 Å². The van der Waals surface area contributed by atoms with Crippen molar-refractivity contribution in [3.63, 3.8) is 0 Å². The van der Waals surface area contributed by atoms with Gasteiger partial charge in [0.05, 0.1) is 6.20 Å². The molecule has 1 aromatic heterocycles. The minimum atomic E-state index is 0.405. The highest BCUT2D eigenvalue weighted by molar-refractivity contribution is 6.32. The van der Waals surface area contributed by atoms with E-state index in [4.69, 9.17) is 11.6 Å². The molecule has 16 heavy (non-hydrogen) atoms. The highest BCUT2D eigenvalue weighted by Crippen LogP contribution is 2.21. The molecule has 5 heteroatoms. The van der Waals surface area contributed by atoms with Gasteiger partial charge in [-0.15, -0.1) is 0 Å². The van der Waals surface area contributed by atoms with E-state index in [1.54, 1.807) is 6.20 Å². The minimum absolute atomic E-state index is 0.405. The summed E-state index contributed by atoms with van der Waals surface area (Å²) in [6, 6.07) is 0.405. The third kappa shape index (κ3) is 3.52. The number of rotatable bonds is 6. The second-order valence-corrected chi connectivity index (χ2v) is 3.99. The van der Waals surface area contributed by atoms with Crippen molar-refractivity contribution in [2.75, 3.05) is 17.2 Å². The van der Waals surface area contributed by atoms with Gasteiger partial charge in [0.1, 0.15) is 5.02 Å². The molecule has 1 heterocycles. The van der Waals surface area contributed by atoms with Gasteiger partial charge in [-0.2, -0.15) is 4.98 Å². The van der Waals surface area contributed by atoms with Crippen LogP contribution in [-0.2, 0) is 0 Å². The lowest BCUT2D eigenvalue weighted by Gasteiger charge is -2.16. The van der Waals surface area contributed by atoms with Crippen LogP contribution in [0.4, 0.5) is 11.8 Å². The van der Waals surface area contributed by atoms with Gasteiger partial charge in [-0.3, -0.25) is 0 Å². The lowest BCUT2D eigenvalue weighted by atomic mass is 10.2. The summed E-state index contributed by atoms with van der Waals surface area (Å²) in [5.41, 5.74) is 0. The molecule has 0 unspecified atom stereocenters. The first-order valence-corrected chi connectivity index (χ1v) is 6.11. The molecule has 1 rings (SSSR count). The average molecular weight is 243 g/mol. The summed E-state index contributed by atoms with van der Waals surface area (Å²) in [5, 5.41) is 6.95. The van der Waals surface area contributed by atoms with Crippen molar-refractivity contribution in [2.24, 2.45) is 0 Å². The second-order valence-electron chi connectivity index (χ2n) is 3.58. The van der Waals surface area contributed by atoms with Crippen molar-refractivity contribution >= 4 is 23.4 Å². The first kappa shape index (κ1) is 13.0. The van der Waals surface area contributed by atoms with Crippen LogP contribution >= 0.6 is 11.6 Å². The molecule has 0 aliphatic heterocycles. The van der Waals surface area contributed by atoms with Gasteiger partial charge >= 0.3 is 0 Å². The zero-order chi connectivity index (χ0) is 12.0. The highest BCUT2D eigenvalue weighted by atomic mass is 35.5. The van der Waals surface area contributed by atoms with E-state index in [-0.39, 0.29) is 0 Å². The van der Waals surface area contributed by atoms with Crippen LogP contribution in [0.1, 0.15) is 33.6 Å². The Balaban J connectivity index is 2.80. The van der Waals surface area contributed by atoms with E-state index in [0.29, 0.717) is 22.8 Å². The van der Waals surface area contributed by atoms with Crippen molar-refractivity contribution in [3.8, 4) is 0 Å². The lowest BCUT2D eigenvalue weighted by Crippen LogP contribution is -2.18. The lowest BCUT2D eigenvalue weighted by molar-refractivity contribution is 0.668. The molecule has 90 valence electrons. The zero-order valence-corrected chi connectivity index (χ0v) is 10.8. The van der Waals surface area contributed by atoms with Gasteiger partial charge in [0.15, 0.2) is 5.82 Å². The molecular weight excluding hydrogens is 224 g/mol. The van der Waals surface area contributed by atoms with Crippen molar-refractivity contribution in [1.29, 1.82) is 0 Å². The first-order valence-electron chi connectivity index (χ1n) is 5.74. The number of halogens is 1. The molecule has 0 saturated carbocycles. The number of anilines is 2. The van der Waals surface area contributed by atoms with Gasteiger partial charge in [-0.25, -0.2) is 4.98 Å². The number of hydrogen-bond acceptors (Lipinski definition) is 4. The summed E-state index contributed by atoms with van der Waals surface area (Å²) < 4.78 is 0. The third-order valence-corrected chi connectivity index (χ3v) is 2.68. The monoisotopic (exact) mass is 242 g/mol.